The summed E-state index contributed by atoms with van der Waals surface area (Å²) < 4.78 is 0. The van der Waals surface area contributed by atoms with E-state index in [9.17, 15) is 4.79 Å². The van der Waals surface area contributed by atoms with Crippen molar-refractivity contribution in [2.75, 3.05) is 18.8 Å². The Balaban J connectivity index is 2.54. The summed E-state index contributed by atoms with van der Waals surface area (Å²) in [6.07, 6.45) is 2.13. The second kappa shape index (κ2) is 8.59. The minimum Gasteiger partial charge on any atom is -0.399 e. The van der Waals surface area contributed by atoms with E-state index in [2.05, 4.69) is 31.0 Å². The van der Waals surface area contributed by atoms with Crippen molar-refractivity contribution in [1.29, 1.82) is 0 Å². The molecule has 0 aromatic heterocycles. The average Bonchev–Trinajstić information content (AvgIpc) is 2.38. The van der Waals surface area contributed by atoms with Crippen LogP contribution in [-0.4, -0.2) is 29.9 Å². The molecule has 0 atom stereocenters. The Hall–Kier alpha value is -1.55. The van der Waals surface area contributed by atoms with Crippen LogP contribution in [0, 0.1) is 0 Å². The van der Waals surface area contributed by atoms with Crippen LogP contribution in [0.15, 0.2) is 24.3 Å². The molecule has 1 amide bonds. The summed E-state index contributed by atoms with van der Waals surface area (Å²) in [5.74, 6) is 0.0936. The first-order valence-electron chi connectivity index (χ1n) is 7.38. The Morgan fingerprint density at radius 1 is 1.40 bits per heavy atom. The van der Waals surface area contributed by atoms with E-state index < -0.39 is 0 Å². The number of anilines is 1. The fourth-order valence-electron chi connectivity index (χ4n) is 1.99. The van der Waals surface area contributed by atoms with Gasteiger partial charge in [-0.3, -0.25) is 9.69 Å². The molecule has 0 saturated heterocycles. The summed E-state index contributed by atoms with van der Waals surface area (Å²) in [7, 11) is 0. The maximum absolute atomic E-state index is 11.9. The smallest absolute Gasteiger partial charge is 0.234 e. The van der Waals surface area contributed by atoms with Crippen molar-refractivity contribution in [1.82, 2.24) is 10.2 Å². The van der Waals surface area contributed by atoms with E-state index in [0.717, 1.165) is 37.2 Å². The fourth-order valence-corrected chi connectivity index (χ4v) is 1.99. The number of nitrogens with zero attached hydrogens (tertiary/aromatic N) is 1. The first kappa shape index (κ1) is 16.5. The lowest BCUT2D eigenvalue weighted by atomic mass is 10.1. The van der Waals surface area contributed by atoms with Gasteiger partial charge in [-0.05, 0) is 38.0 Å². The SMILES string of the molecule is CCCCNC(=O)CN(Cc1cccc(N)c1)C(C)C. The third kappa shape index (κ3) is 6.06. The Morgan fingerprint density at radius 3 is 2.75 bits per heavy atom. The Morgan fingerprint density at radius 2 is 2.15 bits per heavy atom. The molecule has 0 unspecified atom stereocenters. The van der Waals surface area contributed by atoms with E-state index in [1.54, 1.807) is 0 Å². The number of amides is 1. The van der Waals surface area contributed by atoms with Crippen molar-refractivity contribution in [3.63, 3.8) is 0 Å². The molecule has 0 heterocycles. The maximum Gasteiger partial charge on any atom is 0.234 e. The molecule has 3 N–H and O–H groups in total. The molecule has 0 radical (unpaired) electrons. The minimum atomic E-state index is 0.0936. The number of rotatable bonds is 8. The van der Waals surface area contributed by atoms with Crippen LogP contribution in [0.2, 0.25) is 0 Å². The first-order chi connectivity index (χ1) is 9.52. The van der Waals surface area contributed by atoms with Gasteiger partial charge < -0.3 is 11.1 Å². The Kier molecular flexibility index (Phi) is 7.09. The quantitative estimate of drug-likeness (QED) is 0.566. The molecule has 4 nitrogen and oxygen atoms in total. The number of hydrogen-bond acceptors (Lipinski definition) is 3. The first-order valence-corrected chi connectivity index (χ1v) is 7.38. The van der Waals surface area contributed by atoms with Gasteiger partial charge in [0.25, 0.3) is 0 Å². The van der Waals surface area contributed by atoms with Gasteiger partial charge in [0.05, 0.1) is 6.54 Å². The second-order valence-electron chi connectivity index (χ2n) is 5.45. The van der Waals surface area contributed by atoms with Crippen LogP contribution in [0.3, 0.4) is 0 Å². The third-order valence-corrected chi connectivity index (χ3v) is 3.27. The molecule has 1 aromatic rings. The van der Waals surface area contributed by atoms with Gasteiger partial charge in [-0.15, -0.1) is 0 Å². The zero-order valence-electron chi connectivity index (χ0n) is 12.9. The topological polar surface area (TPSA) is 58.4 Å². The van der Waals surface area contributed by atoms with Crippen LogP contribution in [0.25, 0.3) is 0 Å². The summed E-state index contributed by atoms with van der Waals surface area (Å²) in [6, 6.07) is 8.14. The minimum absolute atomic E-state index is 0.0936. The number of carbonyl (C=O) groups excluding carboxylic acids is 1. The lowest BCUT2D eigenvalue weighted by Crippen LogP contribution is -2.40. The van der Waals surface area contributed by atoms with E-state index in [-0.39, 0.29) is 5.91 Å². The largest absolute Gasteiger partial charge is 0.399 e. The molecule has 1 rings (SSSR count). The summed E-state index contributed by atoms with van der Waals surface area (Å²) in [6.45, 7) is 8.25. The molecule has 0 aliphatic rings. The van der Waals surface area contributed by atoms with Crippen molar-refractivity contribution < 1.29 is 4.79 Å². The van der Waals surface area contributed by atoms with Gasteiger partial charge in [0, 0.05) is 24.8 Å². The molecule has 1 aromatic carbocycles. The van der Waals surface area contributed by atoms with Gasteiger partial charge in [-0.1, -0.05) is 25.5 Å². The summed E-state index contributed by atoms with van der Waals surface area (Å²) in [5.41, 5.74) is 7.70. The normalized spacial score (nSPS) is 11.1. The Bertz CT molecular complexity index is 418. The van der Waals surface area contributed by atoms with Crippen LogP contribution in [-0.2, 0) is 11.3 Å². The standard InChI is InChI=1S/C16H27N3O/c1-4-5-9-18-16(20)12-19(13(2)3)11-14-7-6-8-15(17)10-14/h6-8,10,13H,4-5,9,11-12,17H2,1-3H3,(H,18,20). The predicted molar refractivity (Wildman–Crippen MR) is 84.3 cm³/mol. The van der Waals surface area contributed by atoms with Gasteiger partial charge in [0.15, 0.2) is 0 Å². The monoisotopic (exact) mass is 277 g/mol. The Labute approximate surface area is 122 Å². The zero-order valence-corrected chi connectivity index (χ0v) is 12.9. The van der Waals surface area contributed by atoms with Crippen LogP contribution < -0.4 is 11.1 Å². The zero-order chi connectivity index (χ0) is 15.0. The number of hydrogen-bond donors (Lipinski definition) is 2. The van der Waals surface area contributed by atoms with E-state index >= 15 is 0 Å². The van der Waals surface area contributed by atoms with Gasteiger partial charge in [0.2, 0.25) is 5.91 Å². The van der Waals surface area contributed by atoms with Crippen molar-refractivity contribution in [2.45, 2.75) is 46.2 Å². The molecule has 4 heteroatoms. The number of nitrogen functional groups attached to an aromatic ring is 1. The van der Waals surface area contributed by atoms with E-state index in [0.29, 0.717) is 12.6 Å². The molecule has 0 aliphatic heterocycles. The molecule has 0 aliphatic carbocycles. The maximum atomic E-state index is 11.9. The molecule has 112 valence electrons. The van der Waals surface area contributed by atoms with Crippen LogP contribution in [0.4, 0.5) is 5.69 Å². The number of nitrogens with two attached hydrogens (primary N) is 1. The van der Waals surface area contributed by atoms with E-state index in [1.807, 2.05) is 24.3 Å². The van der Waals surface area contributed by atoms with E-state index in [4.69, 9.17) is 5.73 Å². The molecule has 0 spiro atoms. The van der Waals surface area contributed by atoms with Gasteiger partial charge >= 0.3 is 0 Å². The van der Waals surface area contributed by atoms with Crippen molar-refractivity contribution in [3.8, 4) is 0 Å². The number of benzene rings is 1. The summed E-state index contributed by atoms with van der Waals surface area (Å²) in [5, 5.41) is 2.96. The number of nitrogens with one attached hydrogen (secondary N) is 1. The van der Waals surface area contributed by atoms with Crippen molar-refractivity contribution in [2.24, 2.45) is 0 Å². The molecule has 20 heavy (non-hydrogen) atoms. The highest BCUT2D eigenvalue weighted by Gasteiger charge is 2.14. The molecule has 0 bridgehead atoms. The van der Waals surface area contributed by atoms with Gasteiger partial charge in [-0.2, -0.15) is 0 Å². The molecule has 0 saturated carbocycles. The molecule has 0 fully saturated rings. The van der Waals surface area contributed by atoms with Crippen molar-refractivity contribution in [3.05, 3.63) is 29.8 Å². The van der Waals surface area contributed by atoms with Gasteiger partial charge in [0.1, 0.15) is 0 Å². The average molecular weight is 277 g/mol. The summed E-state index contributed by atoms with van der Waals surface area (Å²) >= 11 is 0. The highest BCUT2D eigenvalue weighted by atomic mass is 16.2. The molecular formula is C16H27N3O. The van der Waals surface area contributed by atoms with Crippen molar-refractivity contribution >= 4 is 11.6 Å². The van der Waals surface area contributed by atoms with Crippen LogP contribution in [0.1, 0.15) is 39.2 Å². The third-order valence-electron chi connectivity index (χ3n) is 3.27. The lowest BCUT2D eigenvalue weighted by Gasteiger charge is -2.26. The second-order valence-corrected chi connectivity index (χ2v) is 5.45. The fraction of sp³-hybridized carbons (Fsp3) is 0.562. The number of carbonyl (C=O) groups is 1. The predicted octanol–water partition coefficient (Wildman–Crippen LogP) is 2.40. The van der Waals surface area contributed by atoms with Crippen LogP contribution >= 0.6 is 0 Å². The number of unbranched alkanes of at least 4 members (excludes halogenated alkanes) is 1. The van der Waals surface area contributed by atoms with E-state index in [1.165, 1.54) is 0 Å². The van der Waals surface area contributed by atoms with Crippen LogP contribution in [0.5, 0.6) is 0 Å². The summed E-state index contributed by atoms with van der Waals surface area (Å²) in [4.78, 5) is 14.1. The highest BCUT2D eigenvalue weighted by molar-refractivity contribution is 5.78. The molecular weight excluding hydrogens is 250 g/mol. The lowest BCUT2D eigenvalue weighted by molar-refractivity contribution is -0.122. The highest BCUT2D eigenvalue weighted by Crippen LogP contribution is 2.11. The van der Waals surface area contributed by atoms with Gasteiger partial charge in [-0.25, -0.2) is 0 Å².